The molecule has 2 N–H and O–H groups in total. The van der Waals surface area contributed by atoms with Crippen LogP contribution in [0.1, 0.15) is 15.9 Å². The highest BCUT2D eigenvalue weighted by Crippen LogP contribution is 2.32. The van der Waals surface area contributed by atoms with Gasteiger partial charge in [-0.15, -0.1) is 6.58 Å². The second-order valence-corrected chi connectivity index (χ2v) is 8.15. The van der Waals surface area contributed by atoms with Crippen molar-refractivity contribution in [1.82, 2.24) is 9.55 Å². The van der Waals surface area contributed by atoms with Crippen LogP contribution < -0.4 is 15.9 Å². The number of allylic oxidation sites excluding steroid dienone is 1. The summed E-state index contributed by atoms with van der Waals surface area (Å²) in [5.41, 5.74) is 7.20. The lowest BCUT2D eigenvalue weighted by atomic mass is 10.0. The van der Waals surface area contributed by atoms with Crippen molar-refractivity contribution >= 4 is 23.1 Å². The molecule has 6 nitrogen and oxygen atoms in total. The van der Waals surface area contributed by atoms with E-state index in [0.29, 0.717) is 34.7 Å². The van der Waals surface area contributed by atoms with Crippen LogP contribution in [0.25, 0.3) is 11.1 Å². The average Bonchev–Trinajstić information content (AvgIpc) is 2.85. The van der Waals surface area contributed by atoms with E-state index in [0.717, 1.165) is 0 Å². The van der Waals surface area contributed by atoms with Crippen molar-refractivity contribution in [1.29, 1.82) is 0 Å². The number of hydrogen-bond donors (Lipinski definition) is 1. The van der Waals surface area contributed by atoms with Crippen LogP contribution >= 0.6 is 11.6 Å². The molecule has 0 atom stereocenters. The van der Waals surface area contributed by atoms with Crippen molar-refractivity contribution in [2.75, 3.05) is 5.73 Å². The number of nitrogen functional groups attached to an aromatic ring is 1. The van der Waals surface area contributed by atoms with E-state index >= 15 is 0 Å². The van der Waals surface area contributed by atoms with Gasteiger partial charge in [0, 0.05) is 43.2 Å². The van der Waals surface area contributed by atoms with Crippen molar-refractivity contribution in [2.24, 2.45) is 0 Å². The van der Waals surface area contributed by atoms with Crippen molar-refractivity contribution in [2.45, 2.75) is 13.0 Å². The maximum Gasteiger partial charge on any atom is 0.219 e. The fraction of sp³-hybridized carbons (Fsp3) is 0.0741. The Hall–Kier alpha value is -4.23. The first-order chi connectivity index (χ1) is 16.9. The minimum Gasteiger partial charge on any atom is -0.437 e. The fourth-order valence-corrected chi connectivity index (χ4v) is 3.66. The monoisotopic (exact) mass is 489 g/mol. The first-order valence-electron chi connectivity index (χ1n) is 10.7. The molecule has 0 aliphatic rings. The van der Waals surface area contributed by atoms with Gasteiger partial charge in [-0.05, 0) is 35.4 Å². The zero-order valence-corrected chi connectivity index (χ0v) is 19.3. The molecule has 8 heteroatoms. The van der Waals surface area contributed by atoms with Crippen LogP contribution in [0.15, 0.2) is 90.6 Å². The van der Waals surface area contributed by atoms with Gasteiger partial charge >= 0.3 is 0 Å². The lowest BCUT2D eigenvalue weighted by Crippen LogP contribution is -2.21. The number of nitrogens with two attached hydrogens (primary N) is 1. The standard InChI is InChI=1S/C27H21ClFN3O3/c1-2-12-32-15-20(18-7-9-19(29)10-8-18)27(34)21(16-32)23(33)13-17-6-11-25(31-14-17)35-24-5-3-4-22(30)26(24)28/h2-11,14-16H,1,12-13,30H2. The molecular formula is C27H21ClFN3O3. The number of hydrogen-bond acceptors (Lipinski definition) is 5. The smallest absolute Gasteiger partial charge is 0.219 e. The summed E-state index contributed by atoms with van der Waals surface area (Å²) in [6, 6.07) is 13.9. The number of aromatic nitrogens is 2. The molecule has 0 aliphatic carbocycles. The molecule has 0 fully saturated rings. The predicted molar refractivity (Wildman–Crippen MR) is 135 cm³/mol. The Morgan fingerprint density at radius 1 is 1.14 bits per heavy atom. The van der Waals surface area contributed by atoms with E-state index in [4.69, 9.17) is 22.1 Å². The molecule has 2 aromatic carbocycles. The Balaban J connectivity index is 1.58. The molecule has 0 spiro atoms. The van der Waals surface area contributed by atoms with Crippen molar-refractivity contribution < 1.29 is 13.9 Å². The normalized spacial score (nSPS) is 10.7. The number of ether oxygens (including phenoxy) is 1. The number of rotatable bonds is 8. The van der Waals surface area contributed by atoms with Crippen LogP contribution in [0, 0.1) is 5.82 Å². The summed E-state index contributed by atoms with van der Waals surface area (Å²) in [7, 11) is 0. The van der Waals surface area contributed by atoms with Crippen LogP contribution in [-0.4, -0.2) is 15.3 Å². The Labute approximate surface area is 206 Å². The number of benzene rings is 2. The van der Waals surface area contributed by atoms with Gasteiger partial charge < -0.3 is 15.0 Å². The minimum atomic E-state index is -0.425. The van der Waals surface area contributed by atoms with Gasteiger partial charge in [0.05, 0.1) is 11.3 Å². The summed E-state index contributed by atoms with van der Waals surface area (Å²) in [4.78, 5) is 30.5. The van der Waals surface area contributed by atoms with E-state index in [9.17, 15) is 14.0 Å². The molecule has 0 aliphatic heterocycles. The lowest BCUT2D eigenvalue weighted by Gasteiger charge is -2.11. The number of halogens is 2. The Kier molecular flexibility index (Phi) is 7.08. The van der Waals surface area contributed by atoms with E-state index in [1.807, 2.05) is 0 Å². The van der Waals surface area contributed by atoms with Crippen LogP contribution in [0.5, 0.6) is 11.6 Å². The average molecular weight is 490 g/mol. The lowest BCUT2D eigenvalue weighted by molar-refractivity contribution is 0.0991. The highest BCUT2D eigenvalue weighted by Gasteiger charge is 2.17. The van der Waals surface area contributed by atoms with E-state index in [-0.39, 0.29) is 28.7 Å². The van der Waals surface area contributed by atoms with Gasteiger partial charge in [0.15, 0.2) is 11.2 Å². The quantitative estimate of drug-likeness (QED) is 0.195. The molecule has 35 heavy (non-hydrogen) atoms. The Morgan fingerprint density at radius 2 is 1.91 bits per heavy atom. The number of nitrogens with zero attached hydrogens (tertiary/aromatic N) is 2. The Bertz CT molecular complexity index is 1450. The third-order valence-electron chi connectivity index (χ3n) is 5.24. The molecular weight excluding hydrogens is 469 g/mol. The third kappa shape index (κ3) is 5.47. The van der Waals surface area contributed by atoms with Crippen molar-refractivity contribution in [3.05, 3.63) is 118 Å². The molecule has 4 aromatic rings. The van der Waals surface area contributed by atoms with Crippen LogP contribution in [-0.2, 0) is 13.0 Å². The third-order valence-corrected chi connectivity index (χ3v) is 5.65. The number of Topliss-reactive ketones (excluding diaryl/α,β-unsaturated/α-hetero) is 1. The highest BCUT2D eigenvalue weighted by atomic mass is 35.5. The van der Waals surface area contributed by atoms with Gasteiger partial charge in [-0.25, -0.2) is 9.37 Å². The van der Waals surface area contributed by atoms with E-state index in [1.54, 1.807) is 47.2 Å². The first-order valence-corrected chi connectivity index (χ1v) is 11.0. The topological polar surface area (TPSA) is 87.2 Å². The van der Waals surface area contributed by atoms with Crippen LogP contribution in [0.4, 0.5) is 10.1 Å². The maximum atomic E-state index is 13.4. The summed E-state index contributed by atoms with van der Waals surface area (Å²) < 4.78 is 20.7. The number of ketones is 1. The molecule has 0 saturated carbocycles. The number of carbonyl (C=O) groups excluding carboxylic acids is 1. The molecule has 176 valence electrons. The Morgan fingerprint density at radius 3 is 2.60 bits per heavy atom. The van der Waals surface area contributed by atoms with Gasteiger partial charge in [0.25, 0.3) is 0 Å². The maximum absolute atomic E-state index is 13.4. The van der Waals surface area contributed by atoms with E-state index in [2.05, 4.69) is 11.6 Å². The van der Waals surface area contributed by atoms with Gasteiger partial charge in [-0.1, -0.05) is 41.9 Å². The van der Waals surface area contributed by atoms with Gasteiger partial charge in [-0.3, -0.25) is 9.59 Å². The van der Waals surface area contributed by atoms with Crippen LogP contribution in [0.3, 0.4) is 0 Å². The summed E-state index contributed by atoms with van der Waals surface area (Å²) in [5, 5.41) is 0.283. The summed E-state index contributed by atoms with van der Waals surface area (Å²) >= 11 is 6.15. The number of anilines is 1. The predicted octanol–water partition coefficient (Wildman–Crippen LogP) is 5.69. The molecule has 0 unspecified atom stereocenters. The SMILES string of the molecule is C=CCn1cc(C(=O)Cc2ccc(Oc3cccc(N)c3Cl)nc2)c(=O)c(-c2ccc(F)cc2)c1. The molecule has 4 rings (SSSR count). The van der Waals surface area contributed by atoms with Gasteiger partial charge in [0.2, 0.25) is 5.88 Å². The number of pyridine rings is 2. The molecule has 2 aromatic heterocycles. The summed E-state index contributed by atoms with van der Waals surface area (Å²) in [5.74, 6) is -0.139. The molecule has 2 heterocycles. The molecule has 0 radical (unpaired) electrons. The molecule has 0 saturated heterocycles. The van der Waals surface area contributed by atoms with Gasteiger partial charge in [0.1, 0.15) is 16.6 Å². The fourth-order valence-electron chi connectivity index (χ4n) is 3.50. The van der Waals surface area contributed by atoms with E-state index < -0.39 is 11.2 Å². The highest BCUT2D eigenvalue weighted by molar-refractivity contribution is 6.34. The van der Waals surface area contributed by atoms with Crippen LogP contribution in [0.2, 0.25) is 5.02 Å². The molecule has 0 amide bonds. The zero-order chi connectivity index (χ0) is 24.9. The van der Waals surface area contributed by atoms with Gasteiger partial charge in [-0.2, -0.15) is 0 Å². The second-order valence-electron chi connectivity index (χ2n) is 7.77. The number of carbonyl (C=O) groups is 1. The summed E-state index contributed by atoms with van der Waals surface area (Å²) in [6.45, 7) is 4.11. The van der Waals surface area contributed by atoms with E-state index in [1.165, 1.54) is 36.7 Å². The first kappa shape index (κ1) is 23.9. The minimum absolute atomic E-state index is 0.0283. The largest absolute Gasteiger partial charge is 0.437 e. The van der Waals surface area contributed by atoms with Crippen molar-refractivity contribution in [3.63, 3.8) is 0 Å². The zero-order valence-electron chi connectivity index (χ0n) is 18.6. The molecule has 0 bridgehead atoms. The summed E-state index contributed by atoms with van der Waals surface area (Å²) in [6.07, 6.45) is 6.25. The van der Waals surface area contributed by atoms with Crippen molar-refractivity contribution in [3.8, 4) is 22.8 Å². The second kappa shape index (κ2) is 10.4.